The van der Waals surface area contributed by atoms with Gasteiger partial charge in [-0.15, -0.1) is 0 Å². The van der Waals surface area contributed by atoms with Gasteiger partial charge in [-0.25, -0.2) is 0 Å². The lowest BCUT2D eigenvalue weighted by Crippen LogP contribution is -2.12. The van der Waals surface area contributed by atoms with Crippen LogP contribution >= 0.6 is 0 Å². The van der Waals surface area contributed by atoms with Crippen LogP contribution in [0.5, 0.6) is 0 Å². The normalized spacial score (nSPS) is 13.0. The smallest absolute Gasteiger partial charge is 0.255 e. The second-order valence-corrected chi connectivity index (χ2v) is 8.93. The molecule has 0 saturated heterocycles. The van der Waals surface area contributed by atoms with Crippen molar-refractivity contribution in [2.75, 3.05) is 5.32 Å². The zero-order valence-electron chi connectivity index (χ0n) is 17.5. The molecule has 2 heteroatoms. The molecule has 146 valence electrons. The number of amides is 1. The van der Waals surface area contributed by atoms with Crippen LogP contribution in [-0.4, -0.2) is 5.91 Å². The van der Waals surface area contributed by atoms with Gasteiger partial charge in [0.25, 0.3) is 5.91 Å². The Labute approximate surface area is 173 Å². The Balaban J connectivity index is 1.49. The van der Waals surface area contributed by atoms with E-state index in [-0.39, 0.29) is 11.3 Å². The molecule has 1 amide bonds. The van der Waals surface area contributed by atoms with Crippen molar-refractivity contribution in [2.45, 2.75) is 34.1 Å². The van der Waals surface area contributed by atoms with Crippen molar-refractivity contribution in [1.29, 1.82) is 0 Å². The van der Waals surface area contributed by atoms with E-state index in [1.165, 1.54) is 27.8 Å². The summed E-state index contributed by atoms with van der Waals surface area (Å²) in [6, 6.07) is 22.5. The fraction of sp³-hybridized carbons (Fsp3) is 0.222. The van der Waals surface area contributed by atoms with Gasteiger partial charge in [0.1, 0.15) is 0 Å². The zero-order valence-corrected chi connectivity index (χ0v) is 17.5. The molecule has 1 aliphatic carbocycles. The standard InChI is InChI=1S/C27H27NO/c1-18(17-27(2,3)4)19-9-11-20(12-10-19)26(29)28-23-13-14-25-22(16-23)15-21-7-5-6-8-24(21)25/h5-14,16-17H,15H2,1-4H3,(H,28,29)/b18-17-. The third-order valence-electron chi connectivity index (χ3n) is 5.30. The van der Waals surface area contributed by atoms with E-state index >= 15 is 0 Å². The molecule has 0 bridgehead atoms. The Bertz CT molecular complexity index is 1100. The maximum absolute atomic E-state index is 12.7. The van der Waals surface area contributed by atoms with Crippen LogP contribution in [-0.2, 0) is 6.42 Å². The fourth-order valence-electron chi connectivity index (χ4n) is 4.04. The minimum absolute atomic E-state index is 0.0792. The predicted octanol–water partition coefficient (Wildman–Crippen LogP) is 6.96. The molecule has 0 spiro atoms. The van der Waals surface area contributed by atoms with Crippen LogP contribution in [0.25, 0.3) is 16.7 Å². The van der Waals surface area contributed by atoms with Crippen LogP contribution in [0.4, 0.5) is 5.69 Å². The topological polar surface area (TPSA) is 29.1 Å². The Morgan fingerprint density at radius 1 is 0.862 bits per heavy atom. The number of hydrogen-bond donors (Lipinski definition) is 1. The van der Waals surface area contributed by atoms with Crippen LogP contribution in [0.2, 0.25) is 0 Å². The molecule has 0 saturated carbocycles. The average Bonchev–Trinajstić information content (AvgIpc) is 3.04. The van der Waals surface area contributed by atoms with Crippen LogP contribution < -0.4 is 5.32 Å². The predicted molar refractivity (Wildman–Crippen MR) is 122 cm³/mol. The van der Waals surface area contributed by atoms with Gasteiger partial charge in [0.2, 0.25) is 0 Å². The highest BCUT2D eigenvalue weighted by molar-refractivity contribution is 6.04. The first-order valence-electron chi connectivity index (χ1n) is 10.1. The van der Waals surface area contributed by atoms with Crippen molar-refractivity contribution in [3.8, 4) is 11.1 Å². The van der Waals surface area contributed by atoms with Crippen molar-refractivity contribution in [1.82, 2.24) is 0 Å². The summed E-state index contributed by atoms with van der Waals surface area (Å²) >= 11 is 0. The average molecular weight is 382 g/mol. The zero-order chi connectivity index (χ0) is 20.6. The molecule has 0 unspecified atom stereocenters. The molecule has 0 atom stereocenters. The minimum Gasteiger partial charge on any atom is -0.322 e. The van der Waals surface area contributed by atoms with Gasteiger partial charge in [-0.3, -0.25) is 4.79 Å². The number of carbonyl (C=O) groups excluding carboxylic acids is 1. The van der Waals surface area contributed by atoms with Gasteiger partial charge >= 0.3 is 0 Å². The van der Waals surface area contributed by atoms with Crippen LogP contribution in [0.15, 0.2) is 72.8 Å². The molecule has 1 aliphatic rings. The summed E-state index contributed by atoms with van der Waals surface area (Å²) < 4.78 is 0. The highest BCUT2D eigenvalue weighted by Gasteiger charge is 2.18. The van der Waals surface area contributed by atoms with Gasteiger partial charge in [0.15, 0.2) is 0 Å². The quantitative estimate of drug-likeness (QED) is 0.408. The van der Waals surface area contributed by atoms with Crippen molar-refractivity contribution < 1.29 is 4.79 Å². The summed E-state index contributed by atoms with van der Waals surface area (Å²) in [4.78, 5) is 12.7. The molecule has 0 aromatic heterocycles. The largest absolute Gasteiger partial charge is 0.322 e. The van der Waals surface area contributed by atoms with E-state index in [1.807, 2.05) is 30.3 Å². The van der Waals surface area contributed by atoms with E-state index < -0.39 is 0 Å². The van der Waals surface area contributed by atoms with Gasteiger partial charge in [-0.05, 0) is 76.4 Å². The van der Waals surface area contributed by atoms with Crippen molar-refractivity contribution in [3.05, 3.63) is 95.1 Å². The molecule has 29 heavy (non-hydrogen) atoms. The van der Waals surface area contributed by atoms with Gasteiger partial charge in [0.05, 0.1) is 0 Å². The summed E-state index contributed by atoms with van der Waals surface area (Å²) in [7, 11) is 0. The van der Waals surface area contributed by atoms with Gasteiger partial charge in [-0.1, -0.05) is 69.3 Å². The number of nitrogens with one attached hydrogen (secondary N) is 1. The molecule has 0 radical (unpaired) electrons. The number of benzene rings is 3. The van der Waals surface area contributed by atoms with Crippen LogP contribution in [0.1, 0.15) is 54.7 Å². The minimum atomic E-state index is -0.0792. The van der Waals surface area contributed by atoms with E-state index in [4.69, 9.17) is 0 Å². The summed E-state index contributed by atoms with van der Waals surface area (Å²) in [6.07, 6.45) is 3.17. The van der Waals surface area contributed by atoms with Crippen LogP contribution in [0.3, 0.4) is 0 Å². The molecule has 4 rings (SSSR count). The Hall–Kier alpha value is -3.13. The summed E-state index contributed by atoms with van der Waals surface area (Å²) in [5.74, 6) is -0.0792. The van der Waals surface area contributed by atoms with Gasteiger partial charge in [-0.2, -0.15) is 0 Å². The highest BCUT2D eigenvalue weighted by Crippen LogP contribution is 2.37. The summed E-state index contributed by atoms with van der Waals surface area (Å²) in [5, 5.41) is 3.05. The number of rotatable bonds is 3. The number of carbonyl (C=O) groups is 1. The van der Waals surface area contributed by atoms with Crippen LogP contribution in [0, 0.1) is 5.41 Å². The van der Waals surface area contributed by atoms with E-state index in [1.54, 1.807) is 0 Å². The molecule has 2 nitrogen and oxygen atoms in total. The maximum atomic E-state index is 12.7. The lowest BCUT2D eigenvalue weighted by Gasteiger charge is -2.14. The first kappa shape index (κ1) is 19.2. The monoisotopic (exact) mass is 381 g/mol. The summed E-state index contributed by atoms with van der Waals surface area (Å²) in [5.41, 5.74) is 9.19. The molecule has 3 aromatic rings. The molecular formula is C27H27NO. The maximum Gasteiger partial charge on any atom is 0.255 e. The SMILES string of the molecule is C/C(=C/C(C)(C)C)c1ccc(C(=O)Nc2ccc3c(c2)Cc2ccccc2-3)cc1. The molecule has 1 N–H and O–H groups in total. The van der Waals surface area contributed by atoms with E-state index in [9.17, 15) is 4.79 Å². The second kappa shape index (κ2) is 7.36. The molecule has 0 aliphatic heterocycles. The van der Waals surface area contributed by atoms with E-state index in [0.29, 0.717) is 5.56 Å². The fourth-order valence-corrected chi connectivity index (χ4v) is 4.04. The molecular weight excluding hydrogens is 354 g/mol. The Morgan fingerprint density at radius 2 is 1.52 bits per heavy atom. The Morgan fingerprint density at radius 3 is 2.24 bits per heavy atom. The highest BCUT2D eigenvalue weighted by atomic mass is 16.1. The third kappa shape index (κ3) is 4.17. The first-order chi connectivity index (χ1) is 13.8. The molecule has 0 fully saturated rings. The number of fused-ring (bicyclic) bond motifs is 3. The van der Waals surface area contributed by atoms with Crippen molar-refractivity contribution >= 4 is 17.2 Å². The number of hydrogen-bond acceptors (Lipinski definition) is 1. The third-order valence-corrected chi connectivity index (χ3v) is 5.30. The Kier molecular flexibility index (Phi) is 4.87. The van der Waals surface area contributed by atoms with Gasteiger partial charge < -0.3 is 5.32 Å². The van der Waals surface area contributed by atoms with Crippen molar-refractivity contribution in [2.24, 2.45) is 5.41 Å². The summed E-state index contributed by atoms with van der Waals surface area (Å²) in [6.45, 7) is 8.68. The molecule has 3 aromatic carbocycles. The van der Waals surface area contributed by atoms with Crippen molar-refractivity contribution in [3.63, 3.8) is 0 Å². The second-order valence-electron chi connectivity index (χ2n) is 8.93. The van der Waals surface area contributed by atoms with Gasteiger partial charge in [0, 0.05) is 11.3 Å². The first-order valence-corrected chi connectivity index (χ1v) is 10.1. The lowest BCUT2D eigenvalue weighted by molar-refractivity contribution is 0.102. The lowest BCUT2D eigenvalue weighted by atomic mass is 9.91. The van der Waals surface area contributed by atoms with E-state index in [0.717, 1.165) is 17.7 Å². The molecule has 0 heterocycles. The number of anilines is 1. The number of allylic oxidation sites excluding steroid dienone is 2. The van der Waals surface area contributed by atoms with E-state index in [2.05, 4.69) is 75.5 Å².